The van der Waals surface area contributed by atoms with E-state index in [4.69, 9.17) is 14.7 Å². The van der Waals surface area contributed by atoms with Gasteiger partial charge in [-0.25, -0.2) is 0 Å². The van der Waals surface area contributed by atoms with Gasteiger partial charge in [-0.1, -0.05) is 12.1 Å². The minimum atomic E-state index is -0.221. The van der Waals surface area contributed by atoms with Gasteiger partial charge in [0, 0.05) is 18.7 Å². The van der Waals surface area contributed by atoms with Gasteiger partial charge in [-0.3, -0.25) is 9.59 Å². The highest BCUT2D eigenvalue weighted by Crippen LogP contribution is 2.29. The number of fused-ring (bicyclic) bond motifs is 1. The summed E-state index contributed by atoms with van der Waals surface area (Å²) in [7, 11) is 0. The van der Waals surface area contributed by atoms with E-state index in [1.165, 1.54) is 0 Å². The van der Waals surface area contributed by atoms with Crippen molar-refractivity contribution in [3.05, 3.63) is 53.6 Å². The van der Waals surface area contributed by atoms with Crippen molar-refractivity contribution in [1.82, 2.24) is 4.90 Å². The van der Waals surface area contributed by atoms with Gasteiger partial charge in [0.05, 0.1) is 17.9 Å². The Hall–Kier alpha value is -3.53. The van der Waals surface area contributed by atoms with Gasteiger partial charge >= 0.3 is 0 Å². The molecule has 0 saturated carbocycles. The van der Waals surface area contributed by atoms with Crippen molar-refractivity contribution in [1.29, 1.82) is 5.26 Å². The lowest BCUT2D eigenvalue weighted by atomic mass is 9.97. The first-order valence-corrected chi connectivity index (χ1v) is 9.62. The van der Waals surface area contributed by atoms with Crippen LogP contribution >= 0.6 is 0 Å². The van der Waals surface area contributed by atoms with Gasteiger partial charge < -0.3 is 19.7 Å². The topological polar surface area (TPSA) is 91.7 Å². The molecule has 2 aliphatic heterocycles. The van der Waals surface area contributed by atoms with Crippen molar-refractivity contribution in [2.24, 2.45) is 5.92 Å². The Balaban J connectivity index is 1.33. The number of benzene rings is 2. The van der Waals surface area contributed by atoms with Crippen LogP contribution in [0.2, 0.25) is 0 Å². The number of nitriles is 1. The van der Waals surface area contributed by atoms with E-state index in [0.29, 0.717) is 53.9 Å². The molecule has 0 unspecified atom stereocenters. The predicted molar refractivity (Wildman–Crippen MR) is 106 cm³/mol. The number of ether oxygens (including phenoxy) is 2. The van der Waals surface area contributed by atoms with Crippen LogP contribution in [0.1, 0.15) is 28.8 Å². The average molecular weight is 391 g/mol. The third-order valence-corrected chi connectivity index (χ3v) is 5.24. The first-order valence-electron chi connectivity index (χ1n) is 9.62. The summed E-state index contributed by atoms with van der Waals surface area (Å²) < 4.78 is 11.2. The van der Waals surface area contributed by atoms with Gasteiger partial charge in [0.1, 0.15) is 17.6 Å². The summed E-state index contributed by atoms with van der Waals surface area (Å²) in [6, 6.07) is 14.5. The Morgan fingerprint density at radius 1 is 1.24 bits per heavy atom. The molecular formula is C22H21N3O4. The van der Waals surface area contributed by atoms with E-state index in [0.717, 1.165) is 12.8 Å². The second kappa shape index (κ2) is 8.23. The number of hydrogen-bond donors (Lipinski definition) is 1. The molecule has 29 heavy (non-hydrogen) atoms. The lowest BCUT2D eigenvalue weighted by molar-refractivity contribution is -0.118. The van der Waals surface area contributed by atoms with Crippen LogP contribution in [0.15, 0.2) is 42.5 Å². The Labute approximate surface area is 168 Å². The van der Waals surface area contributed by atoms with Gasteiger partial charge in [-0.2, -0.15) is 5.26 Å². The molecule has 148 valence electrons. The molecule has 0 aromatic heterocycles. The molecule has 0 spiro atoms. The fourth-order valence-electron chi connectivity index (χ4n) is 3.59. The number of likely N-dealkylation sites (tertiary alicyclic amines) is 1. The molecule has 0 aliphatic carbocycles. The molecule has 2 amide bonds. The highest BCUT2D eigenvalue weighted by Gasteiger charge is 2.25. The molecule has 4 rings (SSSR count). The summed E-state index contributed by atoms with van der Waals surface area (Å²) in [4.78, 5) is 26.2. The van der Waals surface area contributed by atoms with Crippen molar-refractivity contribution >= 4 is 17.5 Å². The number of amides is 2. The van der Waals surface area contributed by atoms with Crippen molar-refractivity contribution in [3.8, 4) is 17.6 Å². The molecule has 2 aromatic rings. The third-order valence-electron chi connectivity index (χ3n) is 5.24. The van der Waals surface area contributed by atoms with Gasteiger partial charge in [0.15, 0.2) is 6.61 Å². The second-order valence-corrected chi connectivity index (χ2v) is 7.20. The molecule has 1 fully saturated rings. The summed E-state index contributed by atoms with van der Waals surface area (Å²) in [6.45, 7) is 1.82. The van der Waals surface area contributed by atoms with Gasteiger partial charge in [-0.15, -0.1) is 0 Å². The van der Waals surface area contributed by atoms with Crippen molar-refractivity contribution < 1.29 is 19.1 Å². The zero-order valence-electron chi connectivity index (χ0n) is 15.9. The van der Waals surface area contributed by atoms with Crippen LogP contribution < -0.4 is 14.8 Å². The van der Waals surface area contributed by atoms with E-state index in [-0.39, 0.29) is 18.4 Å². The first kappa shape index (κ1) is 18.8. The van der Waals surface area contributed by atoms with Gasteiger partial charge in [0.25, 0.3) is 11.8 Å². The number of hydrogen-bond acceptors (Lipinski definition) is 5. The number of carbonyl (C=O) groups excluding carboxylic acids is 2. The van der Waals surface area contributed by atoms with Crippen LogP contribution in [-0.2, 0) is 4.79 Å². The number of anilines is 1. The molecule has 7 nitrogen and oxygen atoms in total. The fraction of sp³-hybridized carbons (Fsp3) is 0.318. The molecular weight excluding hydrogens is 370 g/mol. The standard InChI is InChI=1S/C22H21N3O4/c23-12-17-3-1-2-4-19(17)28-13-15-7-9-25(10-8-15)22(27)16-5-6-20-18(11-16)24-21(26)14-29-20/h1-6,11,15H,7-10,13-14H2,(H,24,26). The highest BCUT2D eigenvalue weighted by molar-refractivity contribution is 5.99. The third kappa shape index (κ3) is 4.16. The summed E-state index contributed by atoms with van der Waals surface area (Å²) in [5.74, 6) is 1.24. The smallest absolute Gasteiger partial charge is 0.262 e. The number of carbonyl (C=O) groups is 2. The molecule has 0 atom stereocenters. The van der Waals surface area contributed by atoms with Crippen molar-refractivity contribution in [2.45, 2.75) is 12.8 Å². The molecule has 1 saturated heterocycles. The molecule has 1 N–H and O–H groups in total. The van der Waals surface area contributed by atoms with Crippen LogP contribution in [-0.4, -0.2) is 43.0 Å². The van der Waals surface area contributed by atoms with Crippen LogP contribution in [0, 0.1) is 17.2 Å². The lowest BCUT2D eigenvalue weighted by Crippen LogP contribution is -2.39. The maximum Gasteiger partial charge on any atom is 0.262 e. The molecule has 2 aliphatic rings. The quantitative estimate of drug-likeness (QED) is 0.865. The Morgan fingerprint density at radius 2 is 2.03 bits per heavy atom. The van der Waals surface area contributed by atoms with Crippen LogP contribution in [0.25, 0.3) is 0 Å². The first-order chi connectivity index (χ1) is 14.1. The highest BCUT2D eigenvalue weighted by atomic mass is 16.5. The summed E-state index contributed by atoms with van der Waals surface area (Å²) in [5.41, 5.74) is 1.60. The van der Waals surface area contributed by atoms with E-state index in [2.05, 4.69) is 11.4 Å². The van der Waals surface area contributed by atoms with E-state index in [1.807, 2.05) is 17.0 Å². The molecule has 2 aromatic carbocycles. The lowest BCUT2D eigenvalue weighted by Gasteiger charge is -2.32. The maximum absolute atomic E-state index is 12.8. The predicted octanol–water partition coefficient (Wildman–Crippen LogP) is 2.82. The van der Waals surface area contributed by atoms with E-state index < -0.39 is 0 Å². The summed E-state index contributed by atoms with van der Waals surface area (Å²) >= 11 is 0. The van der Waals surface area contributed by atoms with Gasteiger partial charge in [0.2, 0.25) is 0 Å². The van der Waals surface area contributed by atoms with E-state index >= 15 is 0 Å². The summed E-state index contributed by atoms with van der Waals surface area (Å²) in [5, 5.41) is 11.9. The maximum atomic E-state index is 12.8. The minimum absolute atomic E-state index is 0.00524. The normalized spacial score (nSPS) is 16.2. The zero-order valence-corrected chi connectivity index (χ0v) is 15.9. The fourth-order valence-corrected chi connectivity index (χ4v) is 3.59. The number of nitrogens with one attached hydrogen (secondary N) is 1. The number of rotatable bonds is 4. The Bertz CT molecular complexity index is 974. The monoisotopic (exact) mass is 391 g/mol. The van der Waals surface area contributed by atoms with Crippen LogP contribution in [0.3, 0.4) is 0 Å². The summed E-state index contributed by atoms with van der Waals surface area (Å²) in [6.07, 6.45) is 1.68. The van der Waals surface area contributed by atoms with Crippen molar-refractivity contribution in [2.75, 3.05) is 31.6 Å². The second-order valence-electron chi connectivity index (χ2n) is 7.20. The largest absolute Gasteiger partial charge is 0.492 e. The Morgan fingerprint density at radius 3 is 2.83 bits per heavy atom. The molecule has 0 bridgehead atoms. The van der Waals surface area contributed by atoms with E-state index in [1.54, 1.807) is 30.3 Å². The number of piperidine rings is 1. The van der Waals surface area contributed by atoms with Crippen LogP contribution in [0.4, 0.5) is 5.69 Å². The average Bonchev–Trinajstić information content (AvgIpc) is 2.77. The molecule has 0 radical (unpaired) electrons. The number of nitrogens with zero attached hydrogens (tertiary/aromatic N) is 2. The Kier molecular flexibility index (Phi) is 5.34. The zero-order chi connectivity index (χ0) is 20.2. The molecule has 2 heterocycles. The van der Waals surface area contributed by atoms with Crippen LogP contribution in [0.5, 0.6) is 11.5 Å². The minimum Gasteiger partial charge on any atom is -0.492 e. The SMILES string of the molecule is N#Cc1ccccc1OCC1CCN(C(=O)c2ccc3c(c2)NC(=O)CO3)CC1. The molecule has 7 heteroatoms. The van der Waals surface area contributed by atoms with Gasteiger partial charge in [-0.05, 0) is 49.1 Å². The number of para-hydroxylation sites is 1. The van der Waals surface area contributed by atoms with E-state index in [9.17, 15) is 9.59 Å². The van der Waals surface area contributed by atoms with Crippen molar-refractivity contribution in [3.63, 3.8) is 0 Å².